The van der Waals surface area contributed by atoms with Crippen LogP contribution in [0.15, 0.2) is 18.7 Å². The number of fused-ring (bicyclic) bond motifs is 1. The van der Waals surface area contributed by atoms with Crippen molar-refractivity contribution >= 4 is 0 Å². The fourth-order valence-electron chi connectivity index (χ4n) is 1.61. The Labute approximate surface area is 86.4 Å². The minimum absolute atomic E-state index is 0.703. The highest BCUT2D eigenvalue weighted by Gasteiger charge is 2.14. The number of nitrogens with zero attached hydrogens (tertiary/aromatic N) is 5. The molecule has 3 rings (SSSR count). The average molecular weight is 202 g/mol. The number of hydrogen-bond donors (Lipinski definition) is 1. The summed E-state index contributed by atoms with van der Waals surface area (Å²) in [4.78, 5) is 12.3. The van der Waals surface area contributed by atoms with E-state index in [1.54, 1.807) is 12.4 Å². The molecule has 0 amide bonds. The first-order chi connectivity index (χ1) is 7.43. The predicted molar refractivity (Wildman–Crippen MR) is 52.8 cm³/mol. The van der Waals surface area contributed by atoms with Gasteiger partial charge in [0, 0.05) is 18.9 Å². The molecule has 0 radical (unpaired) electrons. The van der Waals surface area contributed by atoms with Gasteiger partial charge in [-0.3, -0.25) is 0 Å². The van der Waals surface area contributed by atoms with Gasteiger partial charge in [0.05, 0.1) is 18.7 Å². The quantitative estimate of drug-likeness (QED) is 0.695. The Morgan fingerprint density at radius 2 is 2.13 bits per heavy atom. The van der Waals surface area contributed by atoms with E-state index in [0.717, 1.165) is 31.0 Å². The average Bonchev–Trinajstić information content (AvgIpc) is 2.74. The van der Waals surface area contributed by atoms with Crippen LogP contribution in [0, 0.1) is 0 Å². The van der Waals surface area contributed by atoms with Crippen LogP contribution in [-0.2, 0) is 13.1 Å². The van der Waals surface area contributed by atoms with Crippen molar-refractivity contribution in [3.63, 3.8) is 0 Å². The van der Waals surface area contributed by atoms with E-state index in [4.69, 9.17) is 0 Å². The van der Waals surface area contributed by atoms with Crippen molar-refractivity contribution in [2.75, 3.05) is 6.54 Å². The van der Waals surface area contributed by atoms with Gasteiger partial charge in [0.25, 0.3) is 0 Å². The van der Waals surface area contributed by atoms with Crippen LogP contribution in [0.4, 0.5) is 0 Å². The summed E-state index contributed by atoms with van der Waals surface area (Å²) >= 11 is 0. The Morgan fingerprint density at radius 3 is 2.93 bits per heavy atom. The largest absolute Gasteiger partial charge is 0.308 e. The molecule has 6 nitrogen and oxygen atoms in total. The van der Waals surface area contributed by atoms with E-state index >= 15 is 0 Å². The molecule has 0 saturated carbocycles. The van der Waals surface area contributed by atoms with Crippen LogP contribution in [0.25, 0.3) is 11.4 Å². The maximum atomic E-state index is 4.43. The van der Waals surface area contributed by atoms with E-state index in [-0.39, 0.29) is 0 Å². The Morgan fingerprint density at radius 1 is 1.27 bits per heavy atom. The smallest absolute Gasteiger partial charge is 0.184 e. The summed E-state index contributed by atoms with van der Waals surface area (Å²) < 4.78 is 1.93. The first kappa shape index (κ1) is 8.49. The lowest BCUT2D eigenvalue weighted by Crippen LogP contribution is -2.28. The molecule has 6 heteroatoms. The zero-order valence-electron chi connectivity index (χ0n) is 8.09. The lowest BCUT2D eigenvalue weighted by atomic mass is 10.3. The summed E-state index contributed by atoms with van der Waals surface area (Å²) in [7, 11) is 0. The first-order valence-corrected chi connectivity index (χ1v) is 4.83. The summed E-state index contributed by atoms with van der Waals surface area (Å²) in [5.74, 6) is 1.68. The Balaban J connectivity index is 2.03. The molecule has 0 spiro atoms. The third-order valence-corrected chi connectivity index (χ3v) is 2.35. The molecular formula is C9H10N6. The van der Waals surface area contributed by atoms with Crippen LogP contribution in [0.3, 0.4) is 0 Å². The fraction of sp³-hybridized carbons (Fsp3) is 0.333. The second kappa shape index (κ2) is 3.39. The van der Waals surface area contributed by atoms with Gasteiger partial charge >= 0.3 is 0 Å². The molecule has 0 unspecified atom stereocenters. The van der Waals surface area contributed by atoms with Crippen molar-refractivity contribution in [1.82, 2.24) is 30.0 Å². The van der Waals surface area contributed by atoms with Gasteiger partial charge in [-0.1, -0.05) is 0 Å². The summed E-state index contributed by atoms with van der Waals surface area (Å²) in [5, 5.41) is 7.66. The van der Waals surface area contributed by atoms with E-state index in [1.165, 1.54) is 6.33 Å². The lowest BCUT2D eigenvalue weighted by molar-refractivity contribution is 0.469. The Kier molecular flexibility index (Phi) is 1.92. The molecule has 0 bridgehead atoms. The summed E-state index contributed by atoms with van der Waals surface area (Å²) in [6.45, 7) is 2.60. The first-order valence-electron chi connectivity index (χ1n) is 4.83. The van der Waals surface area contributed by atoms with Crippen LogP contribution >= 0.6 is 0 Å². The van der Waals surface area contributed by atoms with Gasteiger partial charge in [-0.15, -0.1) is 0 Å². The number of rotatable bonds is 1. The van der Waals surface area contributed by atoms with Crippen LogP contribution < -0.4 is 5.32 Å². The molecule has 1 aliphatic heterocycles. The van der Waals surface area contributed by atoms with Crippen LogP contribution in [0.2, 0.25) is 0 Å². The maximum Gasteiger partial charge on any atom is 0.184 e. The fourth-order valence-corrected chi connectivity index (χ4v) is 1.61. The monoisotopic (exact) mass is 202 g/mol. The summed E-state index contributed by atoms with van der Waals surface area (Å²) in [6.07, 6.45) is 4.95. The van der Waals surface area contributed by atoms with Crippen molar-refractivity contribution in [2.45, 2.75) is 13.1 Å². The van der Waals surface area contributed by atoms with Gasteiger partial charge in [0.2, 0.25) is 0 Å². The molecule has 0 saturated heterocycles. The zero-order chi connectivity index (χ0) is 10.1. The Bertz CT molecular complexity index is 439. The van der Waals surface area contributed by atoms with Crippen molar-refractivity contribution < 1.29 is 0 Å². The van der Waals surface area contributed by atoms with Gasteiger partial charge in [0.1, 0.15) is 12.2 Å². The Hall–Kier alpha value is -1.82. The number of hydrogen-bond acceptors (Lipinski definition) is 5. The number of nitrogens with one attached hydrogen (secondary N) is 1. The van der Waals surface area contributed by atoms with E-state index in [1.807, 2.05) is 4.68 Å². The SMILES string of the molecule is c1ncc(-c2nc3n(n2)CCNC3)cn1. The van der Waals surface area contributed by atoms with Crippen molar-refractivity contribution in [3.8, 4) is 11.4 Å². The highest BCUT2D eigenvalue weighted by Crippen LogP contribution is 2.13. The number of aromatic nitrogens is 5. The minimum atomic E-state index is 0.703. The molecule has 2 aromatic heterocycles. The predicted octanol–water partition coefficient (Wildman–Crippen LogP) is -0.162. The van der Waals surface area contributed by atoms with Gasteiger partial charge in [-0.2, -0.15) is 5.10 Å². The topological polar surface area (TPSA) is 68.5 Å². The summed E-state index contributed by atoms with van der Waals surface area (Å²) in [6, 6.07) is 0. The molecule has 0 atom stereocenters. The lowest BCUT2D eigenvalue weighted by Gasteiger charge is -2.11. The normalized spacial score (nSPS) is 14.9. The van der Waals surface area contributed by atoms with Crippen molar-refractivity contribution in [1.29, 1.82) is 0 Å². The van der Waals surface area contributed by atoms with Crippen LogP contribution in [0.5, 0.6) is 0 Å². The van der Waals surface area contributed by atoms with Gasteiger partial charge < -0.3 is 5.32 Å². The van der Waals surface area contributed by atoms with Crippen molar-refractivity contribution in [3.05, 3.63) is 24.5 Å². The van der Waals surface area contributed by atoms with Gasteiger partial charge in [-0.25, -0.2) is 19.6 Å². The molecular weight excluding hydrogens is 192 g/mol. The molecule has 0 aromatic carbocycles. The maximum absolute atomic E-state index is 4.43. The van der Waals surface area contributed by atoms with Crippen LogP contribution in [-0.4, -0.2) is 31.3 Å². The summed E-state index contributed by atoms with van der Waals surface area (Å²) in [5.41, 5.74) is 0.861. The standard InChI is InChI=1S/C9H10N6/c1-2-15-8(5-10-1)13-9(14-15)7-3-11-6-12-4-7/h3-4,6,10H,1-2,5H2. The van der Waals surface area contributed by atoms with E-state index in [9.17, 15) is 0 Å². The molecule has 15 heavy (non-hydrogen) atoms. The third kappa shape index (κ3) is 1.48. The molecule has 3 heterocycles. The van der Waals surface area contributed by atoms with Gasteiger partial charge in [-0.05, 0) is 0 Å². The molecule has 0 fully saturated rings. The molecule has 1 N–H and O–H groups in total. The molecule has 76 valence electrons. The van der Waals surface area contributed by atoms with E-state index < -0.39 is 0 Å². The molecule has 1 aliphatic rings. The third-order valence-electron chi connectivity index (χ3n) is 2.35. The zero-order valence-corrected chi connectivity index (χ0v) is 8.09. The highest BCUT2D eigenvalue weighted by molar-refractivity contribution is 5.50. The second-order valence-corrected chi connectivity index (χ2v) is 3.38. The van der Waals surface area contributed by atoms with Gasteiger partial charge in [0.15, 0.2) is 5.82 Å². The van der Waals surface area contributed by atoms with E-state index in [2.05, 4.69) is 25.4 Å². The van der Waals surface area contributed by atoms with E-state index in [0.29, 0.717) is 5.82 Å². The van der Waals surface area contributed by atoms with Crippen LogP contribution in [0.1, 0.15) is 5.82 Å². The van der Waals surface area contributed by atoms with Crippen molar-refractivity contribution in [2.24, 2.45) is 0 Å². The second-order valence-electron chi connectivity index (χ2n) is 3.38. The highest BCUT2D eigenvalue weighted by atomic mass is 15.4. The molecule has 0 aliphatic carbocycles. The minimum Gasteiger partial charge on any atom is -0.308 e. The molecule has 2 aromatic rings.